The second kappa shape index (κ2) is 9.27. The minimum absolute atomic E-state index is 0.103. The SMILES string of the molecule is COc1ccc(-c2nccnc2[C@@H]2CN(C(=O)Cc3ccc(C)c(C)c3)CCO2)cc1. The summed E-state index contributed by atoms with van der Waals surface area (Å²) >= 11 is 0. The fraction of sp³-hybridized carbons (Fsp3) is 0.320. The Morgan fingerprint density at radius 2 is 1.87 bits per heavy atom. The Bertz CT molecular complexity index is 1070. The molecule has 1 atom stereocenters. The fourth-order valence-electron chi connectivity index (χ4n) is 3.80. The molecule has 1 aliphatic rings. The molecule has 0 aliphatic carbocycles. The second-order valence-electron chi connectivity index (χ2n) is 7.81. The number of hydrogen-bond donors (Lipinski definition) is 0. The molecule has 0 saturated carbocycles. The normalized spacial score (nSPS) is 16.2. The number of morpholine rings is 1. The summed E-state index contributed by atoms with van der Waals surface area (Å²) in [6.07, 6.45) is 3.42. The van der Waals surface area contributed by atoms with Crippen LogP contribution in [0, 0.1) is 13.8 Å². The average Bonchev–Trinajstić information content (AvgIpc) is 2.81. The Balaban J connectivity index is 1.52. The van der Waals surface area contributed by atoms with Crippen molar-refractivity contribution in [3.63, 3.8) is 0 Å². The summed E-state index contributed by atoms with van der Waals surface area (Å²) in [5.41, 5.74) is 5.92. The van der Waals surface area contributed by atoms with E-state index >= 15 is 0 Å². The van der Waals surface area contributed by atoms with Gasteiger partial charge < -0.3 is 14.4 Å². The molecule has 1 saturated heterocycles. The van der Waals surface area contributed by atoms with Gasteiger partial charge in [-0.25, -0.2) is 0 Å². The number of nitrogens with zero attached hydrogens (tertiary/aromatic N) is 3. The molecule has 160 valence electrons. The van der Waals surface area contributed by atoms with E-state index in [0.29, 0.717) is 26.1 Å². The van der Waals surface area contributed by atoms with E-state index in [2.05, 4.69) is 35.9 Å². The molecule has 0 bridgehead atoms. The molecule has 1 amide bonds. The number of ether oxygens (including phenoxy) is 2. The minimum atomic E-state index is -0.316. The first-order valence-corrected chi connectivity index (χ1v) is 10.5. The number of rotatable bonds is 5. The van der Waals surface area contributed by atoms with E-state index in [0.717, 1.165) is 28.3 Å². The number of aromatic nitrogens is 2. The molecule has 2 aromatic carbocycles. The molecule has 6 heteroatoms. The molecule has 31 heavy (non-hydrogen) atoms. The van der Waals surface area contributed by atoms with Crippen LogP contribution in [0.15, 0.2) is 54.9 Å². The van der Waals surface area contributed by atoms with E-state index < -0.39 is 0 Å². The summed E-state index contributed by atoms with van der Waals surface area (Å²) in [6.45, 7) is 5.67. The van der Waals surface area contributed by atoms with Gasteiger partial charge in [-0.05, 0) is 54.8 Å². The lowest BCUT2D eigenvalue weighted by molar-refractivity contribution is -0.138. The molecule has 1 aromatic heterocycles. The van der Waals surface area contributed by atoms with E-state index in [1.54, 1.807) is 19.5 Å². The first kappa shape index (κ1) is 21.0. The van der Waals surface area contributed by atoms with Crippen LogP contribution >= 0.6 is 0 Å². The molecule has 0 unspecified atom stereocenters. The van der Waals surface area contributed by atoms with E-state index in [9.17, 15) is 4.79 Å². The lowest BCUT2D eigenvalue weighted by Gasteiger charge is -2.33. The summed E-state index contributed by atoms with van der Waals surface area (Å²) in [5, 5.41) is 0. The van der Waals surface area contributed by atoms with Gasteiger partial charge in [0.25, 0.3) is 0 Å². The van der Waals surface area contributed by atoms with Gasteiger partial charge in [0, 0.05) is 24.5 Å². The second-order valence-corrected chi connectivity index (χ2v) is 7.81. The molecule has 3 aromatic rings. The quantitative estimate of drug-likeness (QED) is 0.630. The number of hydrogen-bond acceptors (Lipinski definition) is 5. The summed E-state index contributed by atoms with van der Waals surface area (Å²) in [4.78, 5) is 24.0. The topological polar surface area (TPSA) is 64.6 Å². The monoisotopic (exact) mass is 417 g/mol. The smallest absolute Gasteiger partial charge is 0.227 e. The highest BCUT2D eigenvalue weighted by Gasteiger charge is 2.28. The molecule has 0 N–H and O–H groups in total. The van der Waals surface area contributed by atoms with Crippen LogP contribution in [0.4, 0.5) is 0 Å². The van der Waals surface area contributed by atoms with Crippen LogP contribution in [0.3, 0.4) is 0 Å². The van der Waals surface area contributed by atoms with Gasteiger partial charge in [0.15, 0.2) is 0 Å². The molecular weight excluding hydrogens is 390 g/mol. The summed E-state index contributed by atoms with van der Waals surface area (Å²) < 4.78 is 11.3. The third-order valence-corrected chi connectivity index (χ3v) is 5.74. The number of methoxy groups -OCH3 is 1. The Hall–Kier alpha value is -3.25. The molecule has 2 heterocycles. The molecule has 4 rings (SSSR count). The van der Waals surface area contributed by atoms with Crippen LogP contribution in [-0.4, -0.2) is 47.6 Å². The Kier molecular flexibility index (Phi) is 6.28. The minimum Gasteiger partial charge on any atom is -0.497 e. The zero-order valence-corrected chi connectivity index (χ0v) is 18.2. The van der Waals surface area contributed by atoms with Crippen molar-refractivity contribution in [2.45, 2.75) is 26.4 Å². The van der Waals surface area contributed by atoms with Crippen molar-refractivity contribution in [2.24, 2.45) is 0 Å². The van der Waals surface area contributed by atoms with Crippen LogP contribution in [-0.2, 0) is 16.0 Å². The summed E-state index contributed by atoms with van der Waals surface area (Å²) in [6, 6.07) is 13.9. The van der Waals surface area contributed by atoms with Crippen LogP contribution < -0.4 is 4.74 Å². The third kappa shape index (κ3) is 4.75. The molecular formula is C25H27N3O3. The standard InChI is InChI=1S/C25H27N3O3/c1-17-4-5-19(14-18(17)2)15-23(29)28-12-13-31-22(16-28)25-24(26-10-11-27-25)20-6-8-21(30-3)9-7-20/h4-11,14,22H,12-13,15-16H2,1-3H3/t22-/m0/s1. The summed E-state index contributed by atoms with van der Waals surface area (Å²) in [7, 11) is 1.64. The number of benzene rings is 2. The highest BCUT2D eigenvalue weighted by atomic mass is 16.5. The van der Waals surface area contributed by atoms with Crippen molar-refractivity contribution in [2.75, 3.05) is 26.8 Å². The summed E-state index contributed by atoms with van der Waals surface area (Å²) in [5.74, 6) is 0.887. The predicted molar refractivity (Wildman–Crippen MR) is 119 cm³/mol. The van der Waals surface area contributed by atoms with Gasteiger partial charge >= 0.3 is 0 Å². The van der Waals surface area contributed by atoms with Gasteiger partial charge in [-0.3, -0.25) is 14.8 Å². The molecule has 6 nitrogen and oxygen atoms in total. The van der Waals surface area contributed by atoms with Crippen LogP contribution in [0.1, 0.15) is 28.5 Å². The number of carbonyl (C=O) groups excluding carboxylic acids is 1. The first-order valence-electron chi connectivity index (χ1n) is 10.5. The van der Waals surface area contributed by atoms with E-state index in [-0.39, 0.29) is 12.0 Å². The van der Waals surface area contributed by atoms with Crippen molar-refractivity contribution >= 4 is 5.91 Å². The zero-order chi connectivity index (χ0) is 21.8. The number of amides is 1. The van der Waals surface area contributed by atoms with Crippen LogP contribution in [0.25, 0.3) is 11.3 Å². The molecule has 0 radical (unpaired) electrons. The largest absolute Gasteiger partial charge is 0.497 e. The van der Waals surface area contributed by atoms with Gasteiger partial charge in [-0.1, -0.05) is 18.2 Å². The maximum Gasteiger partial charge on any atom is 0.227 e. The van der Waals surface area contributed by atoms with Crippen molar-refractivity contribution in [1.29, 1.82) is 0 Å². The lowest BCUT2D eigenvalue weighted by Crippen LogP contribution is -2.43. The maximum atomic E-state index is 13.0. The fourth-order valence-corrected chi connectivity index (χ4v) is 3.80. The van der Waals surface area contributed by atoms with Gasteiger partial charge in [0.2, 0.25) is 5.91 Å². The van der Waals surface area contributed by atoms with Crippen molar-refractivity contribution in [3.05, 3.63) is 77.2 Å². The van der Waals surface area contributed by atoms with Crippen molar-refractivity contribution in [1.82, 2.24) is 14.9 Å². The average molecular weight is 418 g/mol. The molecule has 1 aliphatic heterocycles. The van der Waals surface area contributed by atoms with Crippen LogP contribution in [0.5, 0.6) is 5.75 Å². The van der Waals surface area contributed by atoms with E-state index in [4.69, 9.17) is 9.47 Å². The zero-order valence-electron chi connectivity index (χ0n) is 18.2. The highest BCUT2D eigenvalue weighted by Crippen LogP contribution is 2.30. The van der Waals surface area contributed by atoms with Crippen molar-refractivity contribution < 1.29 is 14.3 Å². The third-order valence-electron chi connectivity index (χ3n) is 5.74. The molecule has 0 spiro atoms. The van der Waals surface area contributed by atoms with Gasteiger partial charge in [0.1, 0.15) is 11.9 Å². The van der Waals surface area contributed by atoms with E-state index in [1.165, 1.54) is 11.1 Å². The van der Waals surface area contributed by atoms with Gasteiger partial charge in [-0.15, -0.1) is 0 Å². The molecule has 1 fully saturated rings. The Morgan fingerprint density at radius 1 is 1.10 bits per heavy atom. The Labute approximate surface area is 182 Å². The Morgan fingerprint density at radius 3 is 2.61 bits per heavy atom. The van der Waals surface area contributed by atoms with Crippen molar-refractivity contribution in [3.8, 4) is 17.0 Å². The predicted octanol–water partition coefficient (Wildman–Crippen LogP) is 3.91. The number of carbonyl (C=O) groups is 1. The van der Waals surface area contributed by atoms with E-state index in [1.807, 2.05) is 35.2 Å². The highest BCUT2D eigenvalue weighted by molar-refractivity contribution is 5.79. The number of aryl methyl sites for hydroxylation is 2. The van der Waals surface area contributed by atoms with Crippen LogP contribution in [0.2, 0.25) is 0 Å². The van der Waals surface area contributed by atoms with Gasteiger partial charge in [-0.2, -0.15) is 0 Å². The first-order chi connectivity index (χ1) is 15.0. The lowest BCUT2D eigenvalue weighted by atomic mass is 10.0. The maximum absolute atomic E-state index is 13.0. The van der Waals surface area contributed by atoms with Gasteiger partial charge in [0.05, 0.1) is 38.1 Å².